The molecule has 2 aromatic heterocycles. The van der Waals surface area contributed by atoms with Crippen molar-refractivity contribution < 1.29 is 48.9 Å². The molecule has 4 rings (SSSR count). The second-order valence-corrected chi connectivity index (χ2v) is 10.8. The topological polar surface area (TPSA) is 116 Å². The van der Waals surface area contributed by atoms with Crippen LogP contribution in [0.1, 0.15) is 27.8 Å². The molecule has 4 aromatic rings. The molecular formula is C25H25ClN5NaO4S. The summed E-state index contributed by atoms with van der Waals surface area (Å²) in [6.07, 6.45) is 3.03. The second kappa shape index (κ2) is 11.7. The number of ether oxygens (including phenoxy) is 2. The summed E-state index contributed by atoms with van der Waals surface area (Å²) < 4.78 is 40.4. The van der Waals surface area contributed by atoms with Crippen molar-refractivity contribution in [1.82, 2.24) is 19.9 Å². The Balaban J connectivity index is 0.00000253. The quantitative estimate of drug-likeness (QED) is 0.276. The Labute approximate surface area is 244 Å². The van der Waals surface area contributed by atoms with Gasteiger partial charge in [-0.2, -0.15) is 0 Å². The summed E-state index contributed by atoms with van der Waals surface area (Å²) >= 11 is 6.47. The van der Waals surface area contributed by atoms with E-state index in [-0.39, 0.29) is 69.7 Å². The standard InChI is InChI=1S/C25H24ClN5O4S.Na.H/c1-25(2,3)16-10-12-17(13-11-16)36(32,33)31-22-20(35-19-9-6-5-8-18(19)34-4)21(26)29-24(30-22)23-27-14-7-15-28-23;;/h5-15H,1-4H3,(H,29,30,31);;/q;+1;-1. The zero-order chi connectivity index (χ0) is 25.9. The largest absolute Gasteiger partial charge is 1.00 e. The molecule has 0 amide bonds. The van der Waals surface area contributed by atoms with Crippen LogP contribution in [0.4, 0.5) is 5.82 Å². The Morgan fingerprint density at radius 2 is 1.51 bits per heavy atom. The molecule has 1 N–H and O–H groups in total. The molecule has 0 aliphatic heterocycles. The van der Waals surface area contributed by atoms with Crippen LogP contribution >= 0.6 is 11.6 Å². The van der Waals surface area contributed by atoms with Crippen LogP contribution in [-0.2, 0) is 15.4 Å². The molecule has 0 unspecified atom stereocenters. The maximum atomic E-state index is 13.3. The predicted octanol–water partition coefficient (Wildman–Crippen LogP) is 2.60. The number of nitrogens with zero attached hydrogens (tertiary/aromatic N) is 4. The van der Waals surface area contributed by atoms with Gasteiger partial charge in [0.25, 0.3) is 10.0 Å². The number of hydrogen-bond donors (Lipinski definition) is 1. The van der Waals surface area contributed by atoms with Crippen LogP contribution in [0.25, 0.3) is 11.6 Å². The van der Waals surface area contributed by atoms with Gasteiger partial charge in [-0.25, -0.2) is 28.4 Å². The van der Waals surface area contributed by atoms with Crippen molar-refractivity contribution in [1.29, 1.82) is 0 Å². The average molecular weight is 550 g/mol. The van der Waals surface area contributed by atoms with E-state index < -0.39 is 10.0 Å². The Hall–Kier alpha value is -2.76. The number of aromatic nitrogens is 4. The van der Waals surface area contributed by atoms with Crippen molar-refractivity contribution >= 4 is 27.4 Å². The molecule has 0 atom stereocenters. The third-order valence-corrected chi connectivity index (χ3v) is 6.74. The van der Waals surface area contributed by atoms with Crippen molar-refractivity contribution in [3.63, 3.8) is 0 Å². The fraction of sp³-hybridized carbons (Fsp3) is 0.200. The average Bonchev–Trinajstić information content (AvgIpc) is 2.86. The molecule has 0 saturated heterocycles. The smallest absolute Gasteiger partial charge is 1.00 e. The monoisotopic (exact) mass is 549 g/mol. The SMILES string of the molecule is COc1ccccc1Oc1c(Cl)nc(-c2ncccn2)nc1NS(=O)(=O)c1ccc(C(C)(C)C)cc1.[H-].[Na+]. The first-order chi connectivity index (χ1) is 17.1. The van der Waals surface area contributed by atoms with Gasteiger partial charge in [0.2, 0.25) is 11.6 Å². The molecule has 0 fully saturated rings. The molecule has 0 aliphatic rings. The molecule has 188 valence electrons. The van der Waals surface area contributed by atoms with Crippen molar-refractivity contribution in [2.24, 2.45) is 0 Å². The third-order valence-electron chi connectivity index (χ3n) is 5.13. The summed E-state index contributed by atoms with van der Waals surface area (Å²) in [5, 5.41) is -0.140. The van der Waals surface area contributed by atoms with E-state index in [1.807, 2.05) is 20.8 Å². The van der Waals surface area contributed by atoms with E-state index in [0.29, 0.717) is 11.5 Å². The third kappa shape index (κ3) is 6.77. The van der Waals surface area contributed by atoms with Crippen LogP contribution in [0.3, 0.4) is 0 Å². The van der Waals surface area contributed by atoms with E-state index in [9.17, 15) is 8.42 Å². The van der Waals surface area contributed by atoms with E-state index in [1.54, 1.807) is 42.5 Å². The van der Waals surface area contributed by atoms with Crippen LogP contribution < -0.4 is 43.8 Å². The van der Waals surface area contributed by atoms with Gasteiger partial charge in [-0.1, -0.05) is 56.6 Å². The Morgan fingerprint density at radius 3 is 2.11 bits per heavy atom. The molecule has 12 heteroatoms. The minimum Gasteiger partial charge on any atom is -1.00 e. The van der Waals surface area contributed by atoms with Crippen LogP contribution in [0.15, 0.2) is 71.9 Å². The van der Waals surface area contributed by atoms with Crippen molar-refractivity contribution in [3.05, 3.63) is 77.7 Å². The molecule has 2 aromatic carbocycles. The number of halogens is 1. The van der Waals surface area contributed by atoms with E-state index >= 15 is 0 Å². The number of rotatable bonds is 7. The first-order valence-electron chi connectivity index (χ1n) is 10.9. The van der Waals surface area contributed by atoms with Gasteiger partial charge in [-0.15, -0.1) is 0 Å². The molecule has 2 heterocycles. The minimum atomic E-state index is -4.07. The van der Waals surface area contributed by atoms with Gasteiger partial charge in [0.1, 0.15) is 0 Å². The number of methoxy groups -OCH3 is 1. The Bertz CT molecular complexity index is 1490. The number of hydrogen-bond acceptors (Lipinski definition) is 8. The first kappa shape index (κ1) is 28.8. The van der Waals surface area contributed by atoms with E-state index in [0.717, 1.165) is 5.56 Å². The number of benzene rings is 2. The number of sulfonamides is 1. The van der Waals surface area contributed by atoms with E-state index in [1.165, 1.54) is 31.6 Å². The predicted molar refractivity (Wildman–Crippen MR) is 138 cm³/mol. The van der Waals surface area contributed by atoms with Gasteiger partial charge >= 0.3 is 29.6 Å². The zero-order valence-electron chi connectivity index (χ0n) is 22.1. The summed E-state index contributed by atoms with van der Waals surface area (Å²) in [5.41, 5.74) is 0.867. The molecule has 0 aliphatic carbocycles. The van der Waals surface area contributed by atoms with Crippen molar-refractivity contribution in [2.75, 3.05) is 11.8 Å². The molecule has 0 saturated carbocycles. The molecule has 0 radical (unpaired) electrons. The zero-order valence-corrected chi connectivity index (χ0v) is 24.6. The Kier molecular flexibility index (Phi) is 9.14. The maximum Gasteiger partial charge on any atom is 1.00 e. The summed E-state index contributed by atoms with van der Waals surface area (Å²) in [5.74, 6) is 0.616. The van der Waals surface area contributed by atoms with Gasteiger partial charge in [0.15, 0.2) is 28.3 Å². The first-order valence-corrected chi connectivity index (χ1v) is 12.7. The molecule has 37 heavy (non-hydrogen) atoms. The maximum absolute atomic E-state index is 13.3. The van der Waals surface area contributed by atoms with Crippen molar-refractivity contribution in [2.45, 2.75) is 31.1 Å². The van der Waals surface area contributed by atoms with E-state index in [2.05, 4.69) is 24.7 Å². The van der Waals surface area contributed by atoms with Crippen LogP contribution in [0, 0.1) is 0 Å². The van der Waals surface area contributed by atoms with Gasteiger partial charge in [-0.05, 0) is 41.3 Å². The van der Waals surface area contributed by atoms with Gasteiger partial charge < -0.3 is 10.9 Å². The molecule has 0 spiro atoms. The number of nitrogens with one attached hydrogen (secondary N) is 1. The molecule has 0 bridgehead atoms. The number of anilines is 1. The Morgan fingerprint density at radius 1 is 0.892 bits per heavy atom. The minimum absolute atomic E-state index is 0. The fourth-order valence-electron chi connectivity index (χ4n) is 3.23. The van der Waals surface area contributed by atoms with Gasteiger partial charge in [0, 0.05) is 12.4 Å². The summed E-state index contributed by atoms with van der Waals surface area (Å²) in [4.78, 5) is 16.9. The summed E-state index contributed by atoms with van der Waals surface area (Å²) in [6, 6.07) is 15.1. The fourth-order valence-corrected chi connectivity index (χ4v) is 4.44. The van der Waals surface area contributed by atoms with Crippen LogP contribution in [0.5, 0.6) is 17.2 Å². The van der Waals surface area contributed by atoms with Gasteiger partial charge in [0.05, 0.1) is 12.0 Å². The number of para-hydroxylation sites is 2. The molecule has 9 nitrogen and oxygen atoms in total. The summed E-state index contributed by atoms with van der Waals surface area (Å²) in [6.45, 7) is 6.14. The summed E-state index contributed by atoms with van der Waals surface area (Å²) in [7, 11) is -2.59. The normalized spacial score (nSPS) is 11.4. The van der Waals surface area contributed by atoms with Crippen LogP contribution in [-0.4, -0.2) is 35.5 Å². The van der Waals surface area contributed by atoms with Crippen molar-refractivity contribution in [3.8, 4) is 28.9 Å². The van der Waals surface area contributed by atoms with E-state index in [4.69, 9.17) is 21.1 Å². The van der Waals surface area contributed by atoms with Crippen LogP contribution in [0.2, 0.25) is 5.15 Å². The van der Waals surface area contributed by atoms with Gasteiger partial charge in [-0.3, -0.25) is 4.72 Å². The second-order valence-electron chi connectivity index (χ2n) is 8.72. The molecular weight excluding hydrogens is 525 g/mol.